The second-order valence-electron chi connectivity index (χ2n) is 9.01. The third-order valence-electron chi connectivity index (χ3n) is 6.81. The number of halogens is 2. The number of rotatable bonds is 5. The summed E-state index contributed by atoms with van der Waals surface area (Å²) in [4.78, 5) is 24.7. The fraction of sp³-hybridized carbons (Fsp3) is 0.458. The van der Waals surface area contributed by atoms with Gasteiger partial charge in [0.1, 0.15) is 11.9 Å². The minimum atomic E-state index is -0.782. The van der Waals surface area contributed by atoms with E-state index in [1.165, 1.54) is 30.6 Å². The van der Waals surface area contributed by atoms with Gasteiger partial charge in [-0.05, 0) is 25.0 Å². The molecule has 1 unspecified atom stereocenters. The van der Waals surface area contributed by atoms with Gasteiger partial charge in [-0.1, -0.05) is 17.7 Å². The van der Waals surface area contributed by atoms with Crippen LogP contribution in [0, 0.1) is 11.7 Å². The van der Waals surface area contributed by atoms with Crippen LogP contribution in [0.4, 0.5) is 4.39 Å². The Balaban J connectivity index is 1.59. The molecule has 8 nitrogen and oxygen atoms in total. The monoisotopic (exact) mass is 519 g/mol. The standard InChI is InChI=1S/C24H27ClFN5O3S/c1-33-24(32)20-18(10-31-6-4-15(27)8-13-11-34-12-19(13)31)29-22(23-28-5-7-35-23)30-21(20)16-3-2-14(26)9-17(16)25/h2-3,5,7,9,13,15,19,21H,4,6,8,10-12,27H2,1H3,(H,29,30)/t13?,15-,19-,21+/m1/s1. The second-order valence-corrected chi connectivity index (χ2v) is 10.3. The molecular weight excluding hydrogens is 493 g/mol. The Hall–Kier alpha value is -2.37. The molecule has 3 aliphatic heterocycles. The molecule has 0 radical (unpaired) electrons. The van der Waals surface area contributed by atoms with Crippen molar-refractivity contribution in [3.05, 3.63) is 62.5 Å². The number of fused-ring (bicyclic) bond motifs is 1. The number of benzene rings is 1. The molecule has 5 rings (SSSR count). The lowest BCUT2D eigenvalue weighted by Gasteiger charge is -2.33. The van der Waals surface area contributed by atoms with Crippen molar-refractivity contribution in [1.29, 1.82) is 0 Å². The number of aliphatic imine (C=N–C) groups is 1. The maximum Gasteiger partial charge on any atom is 0.338 e. The summed E-state index contributed by atoms with van der Waals surface area (Å²) in [5.74, 6) is -0.120. The van der Waals surface area contributed by atoms with Crippen molar-refractivity contribution in [3.8, 4) is 0 Å². The number of nitrogens with zero attached hydrogens (tertiary/aromatic N) is 3. The van der Waals surface area contributed by atoms with E-state index in [1.54, 1.807) is 12.3 Å². The zero-order chi connectivity index (χ0) is 24.5. The molecule has 11 heteroatoms. The van der Waals surface area contributed by atoms with E-state index in [9.17, 15) is 9.18 Å². The summed E-state index contributed by atoms with van der Waals surface area (Å²) >= 11 is 7.87. The number of ether oxygens (including phenoxy) is 2. The Kier molecular flexibility index (Phi) is 7.17. The van der Waals surface area contributed by atoms with Crippen molar-refractivity contribution in [2.45, 2.75) is 31.0 Å². The fourth-order valence-electron chi connectivity index (χ4n) is 5.09. The van der Waals surface area contributed by atoms with E-state index >= 15 is 0 Å². The van der Waals surface area contributed by atoms with Crippen molar-refractivity contribution < 1.29 is 18.7 Å². The Bertz CT molecular complexity index is 1160. The smallest absolute Gasteiger partial charge is 0.338 e. The summed E-state index contributed by atoms with van der Waals surface area (Å²) in [7, 11) is 1.34. The molecule has 3 aliphatic rings. The number of aromatic nitrogens is 1. The molecule has 0 aliphatic carbocycles. The van der Waals surface area contributed by atoms with Crippen molar-refractivity contribution >= 4 is 34.7 Å². The summed E-state index contributed by atoms with van der Waals surface area (Å²) < 4.78 is 24.8. The Morgan fingerprint density at radius 1 is 1.43 bits per heavy atom. The van der Waals surface area contributed by atoms with Gasteiger partial charge in [-0.25, -0.2) is 14.2 Å². The molecule has 1 aromatic carbocycles. The third-order valence-corrected chi connectivity index (χ3v) is 7.92. The lowest BCUT2D eigenvalue weighted by molar-refractivity contribution is -0.136. The van der Waals surface area contributed by atoms with Gasteiger partial charge in [0.25, 0.3) is 0 Å². The Morgan fingerprint density at radius 3 is 3.03 bits per heavy atom. The van der Waals surface area contributed by atoms with Gasteiger partial charge in [-0.15, -0.1) is 11.3 Å². The Labute approximate surface area is 212 Å². The maximum absolute atomic E-state index is 13.8. The van der Waals surface area contributed by atoms with Crippen LogP contribution in [-0.4, -0.2) is 67.2 Å². The predicted molar refractivity (Wildman–Crippen MR) is 132 cm³/mol. The minimum Gasteiger partial charge on any atom is -0.466 e. The van der Waals surface area contributed by atoms with Crippen LogP contribution in [0.25, 0.3) is 0 Å². The van der Waals surface area contributed by atoms with Crippen molar-refractivity contribution in [1.82, 2.24) is 15.2 Å². The number of nitrogens with one attached hydrogen (secondary N) is 1. The summed E-state index contributed by atoms with van der Waals surface area (Å²) in [5.41, 5.74) is 7.85. The van der Waals surface area contributed by atoms with E-state index in [0.717, 1.165) is 19.4 Å². The summed E-state index contributed by atoms with van der Waals surface area (Å²) in [6.07, 6.45) is 3.46. The van der Waals surface area contributed by atoms with Crippen LogP contribution in [0.15, 0.2) is 46.0 Å². The number of esters is 1. The highest BCUT2D eigenvalue weighted by atomic mass is 35.5. The highest BCUT2D eigenvalue weighted by Gasteiger charge is 2.39. The highest BCUT2D eigenvalue weighted by Crippen LogP contribution is 2.37. The van der Waals surface area contributed by atoms with E-state index in [4.69, 9.17) is 31.8 Å². The van der Waals surface area contributed by atoms with E-state index in [2.05, 4.69) is 15.2 Å². The molecule has 0 saturated carbocycles. The molecule has 4 atom stereocenters. The molecule has 2 fully saturated rings. The van der Waals surface area contributed by atoms with Crippen LogP contribution in [-0.2, 0) is 14.3 Å². The quantitative estimate of drug-likeness (QED) is 0.586. The van der Waals surface area contributed by atoms with Crippen LogP contribution in [0.3, 0.4) is 0 Å². The minimum absolute atomic E-state index is 0.112. The molecule has 1 aromatic heterocycles. The largest absolute Gasteiger partial charge is 0.466 e. The first kappa shape index (κ1) is 24.3. The van der Waals surface area contributed by atoms with E-state index in [-0.39, 0.29) is 17.1 Å². The first-order valence-electron chi connectivity index (χ1n) is 11.5. The van der Waals surface area contributed by atoms with E-state index < -0.39 is 17.8 Å². The first-order chi connectivity index (χ1) is 16.9. The average Bonchev–Trinajstić information content (AvgIpc) is 3.51. The zero-order valence-corrected chi connectivity index (χ0v) is 20.8. The van der Waals surface area contributed by atoms with Crippen LogP contribution >= 0.6 is 22.9 Å². The molecule has 0 amide bonds. The number of likely N-dealkylation sites (tertiary alicyclic amines) is 1. The van der Waals surface area contributed by atoms with Gasteiger partial charge in [0, 0.05) is 59.0 Å². The van der Waals surface area contributed by atoms with Crippen LogP contribution in [0.2, 0.25) is 5.02 Å². The van der Waals surface area contributed by atoms with Crippen LogP contribution < -0.4 is 11.1 Å². The second kappa shape index (κ2) is 10.3. The number of carbonyl (C=O) groups excluding carboxylic acids is 1. The number of methoxy groups -OCH3 is 1. The molecule has 2 saturated heterocycles. The average molecular weight is 520 g/mol. The van der Waals surface area contributed by atoms with Crippen LogP contribution in [0.1, 0.15) is 29.5 Å². The van der Waals surface area contributed by atoms with E-state index in [1.807, 2.05) is 5.38 Å². The fourth-order valence-corrected chi connectivity index (χ4v) is 5.95. The zero-order valence-electron chi connectivity index (χ0n) is 19.2. The van der Waals surface area contributed by atoms with Crippen molar-refractivity contribution in [2.75, 3.05) is 33.4 Å². The molecule has 3 N–H and O–H groups in total. The van der Waals surface area contributed by atoms with Gasteiger partial charge in [-0.3, -0.25) is 9.89 Å². The van der Waals surface area contributed by atoms with Gasteiger partial charge in [0.05, 0.1) is 25.9 Å². The summed E-state index contributed by atoms with van der Waals surface area (Å²) in [6.45, 7) is 2.53. The molecule has 4 heterocycles. The van der Waals surface area contributed by atoms with E-state index in [0.29, 0.717) is 53.4 Å². The third kappa shape index (κ3) is 4.99. The molecule has 35 heavy (non-hydrogen) atoms. The van der Waals surface area contributed by atoms with Crippen molar-refractivity contribution in [3.63, 3.8) is 0 Å². The maximum atomic E-state index is 13.8. The number of amidine groups is 1. The van der Waals surface area contributed by atoms with Gasteiger partial charge < -0.3 is 20.5 Å². The Morgan fingerprint density at radius 2 is 2.29 bits per heavy atom. The first-order valence-corrected chi connectivity index (χ1v) is 12.8. The predicted octanol–water partition coefficient (Wildman–Crippen LogP) is 2.89. The van der Waals surface area contributed by atoms with Crippen LogP contribution in [0.5, 0.6) is 0 Å². The lowest BCUT2D eigenvalue weighted by atomic mass is 9.94. The number of hydrogen-bond acceptors (Lipinski definition) is 9. The SMILES string of the molecule is COC(=O)C1=C(CN2CC[C@@H](N)CC3COC[C@H]32)NC(c2nccs2)=N[C@H]1c1ccc(F)cc1Cl. The molecule has 2 aromatic rings. The number of carbonyl (C=O) groups is 1. The van der Waals surface area contributed by atoms with Gasteiger partial charge >= 0.3 is 5.97 Å². The van der Waals surface area contributed by atoms with Gasteiger partial charge in [0.2, 0.25) is 0 Å². The highest BCUT2D eigenvalue weighted by molar-refractivity contribution is 7.11. The summed E-state index contributed by atoms with van der Waals surface area (Å²) in [6, 6.07) is 3.63. The number of thiazole rings is 1. The normalized spacial score (nSPS) is 27.1. The molecule has 186 valence electrons. The van der Waals surface area contributed by atoms with Gasteiger partial charge in [0.15, 0.2) is 10.8 Å². The summed E-state index contributed by atoms with van der Waals surface area (Å²) in [5, 5.41) is 6.07. The number of hydrogen-bond donors (Lipinski definition) is 2. The van der Waals surface area contributed by atoms with Gasteiger partial charge in [-0.2, -0.15) is 0 Å². The molecule has 0 bridgehead atoms. The lowest BCUT2D eigenvalue weighted by Crippen LogP contribution is -2.45. The topological polar surface area (TPSA) is 102 Å². The number of nitrogens with two attached hydrogens (primary N) is 1. The molecular formula is C24H27ClFN5O3S. The van der Waals surface area contributed by atoms with Crippen molar-refractivity contribution in [2.24, 2.45) is 16.6 Å². The molecule has 0 spiro atoms.